The molecular formula is C11H15ClN2O. The van der Waals surface area contributed by atoms with Gasteiger partial charge in [-0.2, -0.15) is 0 Å². The Morgan fingerprint density at radius 1 is 1.53 bits per heavy atom. The molecule has 0 bridgehead atoms. The molecule has 2 N–H and O–H groups in total. The van der Waals surface area contributed by atoms with E-state index in [9.17, 15) is 5.11 Å². The van der Waals surface area contributed by atoms with Crippen LogP contribution in [0, 0.1) is 5.92 Å². The van der Waals surface area contributed by atoms with Gasteiger partial charge in [-0.15, -0.1) is 0 Å². The number of hydrogen-bond donors (Lipinski definition) is 2. The van der Waals surface area contributed by atoms with Crippen LogP contribution < -0.4 is 5.32 Å². The molecule has 4 heteroatoms. The van der Waals surface area contributed by atoms with Crippen LogP contribution in [0.25, 0.3) is 0 Å². The molecule has 2 rings (SSSR count). The first-order valence-corrected chi connectivity index (χ1v) is 5.66. The summed E-state index contributed by atoms with van der Waals surface area (Å²) in [5.74, 6) is 0.372. The second-order valence-corrected chi connectivity index (χ2v) is 4.38. The average Bonchev–Trinajstić information content (AvgIpc) is 2.65. The second-order valence-electron chi connectivity index (χ2n) is 3.99. The number of hydrogen-bond acceptors (Lipinski definition) is 3. The summed E-state index contributed by atoms with van der Waals surface area (Å²) in [6.07, 6.45) is 5.09. The van der Waals surface area contributed by atoms with Crippen LogP contribution in [0.4, 0.5) is 5.69 Å². The Morgan fingerprint density at radius 3 is 3.13 bits per heavy atom. The standard InChI is InChI=1S/C11H15ClN2O/c12-11-6-9(4-5-13-11)14-10-3-1-2-8(10)7-15/h4-6,8,10,15H,1-3,7H2,(H,13,14). The van der Waals surface area contributed by atoms with Gasteiger partial charge in [-0.3, -0.25) is 0 Å². The lowest BCUT2D eigenvalue weighted by Crippen LogP contribution is -2.26. The highest BCUT2D eigenvalue weighted by Gasteiger charge is 2.26. The summed E-state index contributed by atoms with van der Waals surface area (Å²) < 4.78 is 0. The van der Waals surface area contributed by atoms with E-state index in [2.05, 4.69) is 10.3 Å². The van der Waals surface area contributed by atoms with Gasteiger partial charge in [-0.1, -0.05) is 18.0 Å². The fraction of sp³-hybridized carbons (Fsp3) is 0.545. The molecule has 0 spiro atoms. The lowest BCUT2D eigenvalue weighted by molar-refractivity contribution is 0.222. The van der Waals surface area contributed by atoms with Crippen molar-refractivity contribution in [2.75, 3.05) is 11.9 Å². The number of aliphatic hydroxyl groups is 1. The molecule has 3 nitrogen and oxygen atoms in total. The van der Waals surface area contributed by atoms with E-state index in [0.29, 0.717) is 17.1 Å². The third kappa shape index (κ3) is 2.61. The molecule has 1 aromatic heterocycles. The van der Waals surface area contributed by atoms with Crippen molar-refractivity contribution in [1.29, 1.82) is 0 Å². The van der Waals surface area contributed by atoms with E-state index < -0.39 is 0 Å². The summed E-state index contributed by atoms with van der Waals surface area (Å²) in [4.78, 5) is 3.93. The molecule has 0 radical (unpaired) electrons. The predicted octanol–water partition coefficient (Wildman–Crippen LogP) is 2.31. The second kappa shape index (κ2) is 4.81. The maximum absolute atomic E-state index is 9.19. The van der Waals surface area contributed by atoms with E-state index in [0.717, 1.165) is 18.5 Å². The molecule has 1 fully saturated rings. The number of rotatable bonds is 3. The maximum atomic E-state index is 9.19. The van der Waals surface area contributed by atoms with Crippen LogP contribution in [-0.2, 0) is 0 Å². The third-order valence-electron chi connectivity index (χ3n) is 2.97. The molecule has 1 saturated carbocycles. The Labute approximate surface area is 94.5 Å². The average molecular weight is 227 g/mol. The normalized spacial score (nSPS) is 25.5. The summed E-state index contributed by atoms with van der Waals surface area (Å²) in [6, 6.07) is 4.08. The highest BCUT2D eigenvalue weighted by atomic mass is 35.5. The van der Waals surface area contributed by atoms with Crippen LogP contribution in [0.5, 0.6) is 0 Å². The molecule has 1 aromatic rings. The van der Waals surface area contributed by atoms with Crippen molar-refractivity contribution in [3.05, 3.63) is 23.5 Å². The van der Waals surface area contributed by atoms with Crippen molar-refractivity contribution in [1.82, 2.24) is 4.98 Å². The number of nitrogens with one attached hydrogen (secondary N) is 1. The van der Waals surface area contributed by atoms with Gasteiger partial charge in [0.15, 0.2) is 0 Å². The quantitative estimate of drug-likeness (QED) is 0.778. The van der Waals surface area contributed by atoms with Crippen molar-refractivity contribution in [2.24, 2.45) is 5.92 Å². The Balaban J connectivity index is 2.02. The van der Waals surface area contributed by atoms with E-state index in [1.54, 1.807) is 6.20 Å². The number of halogens is 1. The highest BCUT2D eigenvalue weighted by molar-refractivity contribution is 6.29. The third-order valence-corrected chi connectivity index (χ3v) is 3.18. The van der Waals surface area contributed by atoms with Crippen molar-refractivity contribution >= 4 is 17.3 Å². The predicted molar refractivity (Wildman–Crippen MR) is 61.1 cm³/mol. The van der Waals surface area contributed by atoms with Crippen molar-refractivity contribution in [2.45, 2.75) is 25.3 Å². The zero-order valence-corrected chi connectivity index (χ0v) is 9.24. The molecule has 1 aliphatic rings. The maximum Gasteiger partial charge on any atom is 0.131 e. The zero-order chi connectivity index (χ0) is 10.7. The first-order valence-electron chi connectivity index (χ1n) is 5.28. The van der Waals surface area contributed by atoms with Gasteiger partial charge in [-0.25, -0.2) is 4.98 Å². The molecule has 1 aliphatic carbocycles. The molecule has 2 atom stereocenters. The molecule has 15 heavy (non-hydrogen) atoms. The molecular weight excluding hydrogens is 212 g/mol. The van der Waals surface area contributed by atoms with E-state index in [4.69, 9.17) is 11.6 Å². The largest absolute Gasteiger partial charge is 0.396 e. The summed E-state index contributed by atoms with van der Waals surface area (Å²) in [5, 5.41) is 13.1. The van der Waals surface area contributed by atoms with Gasteiger partial charge in [0.05, 0.1) is 0 Å². The van der Waals surface area contributed by atoms with Crippen molar-refractivity contribution in [3.8, 4) is 0 Å². The van der Waals surface area contributed by atoms with E-state index in [1.165, 1.54) is 6.42 Å². The van der Waals surface area contributed by atoms with Gasteiger partial charge in [0.2, 0.25) is 0 Å². The number of pyridine rings is 1. The molecule has 82 valence electrons. The minimum atomic E-state index is 0.260. The minimum Gasteiger partial charge on any atom is -0.396 e. The van der Waals surface area contributed by atoms with Crippen LogP contribution in [0.2, 0.25) is 5.15 Å². The number of aromatic nitrogens is 1. The lowest BCUT2D eigenvalue weighted by atomic mass is 10.1. The highest BCUT2D eigenvalue weighted by Crippen LogP contribution is 2.28. The first-order chi connectivity index (χ1) is 7.29. The molecule has 2 unspecified atom stereocenters. The number of aliphatic hydroxyl groups excluding tert-OH is 1. The van der Waals surface area contributed by atoms with Crippen LogP contribution in [0.1, 0.15) is 19.3 Å². The smallest absolute Gasteiger partial charge is 0.131 e. The van der Waals surface area contributed by atoms with E-state index in [-0.39, 0.29) is 6.61 Å². The van der Waals surface area contributed by atoms with Crippen LogP contribution in [0.3, 0.4) is 0 Å². The van der Waals surface area contributed by atoms with Gasteiger partial charge in [0, 0.05) is 30.5 Å². The topological polar surface area (TPSA) is 45.1 Å². The molecule has 0 aromatic carbocycles. The van der Waals surface area contributed by atoms with Crippen LogP contribution >= 0.6 is 11.6 Å². The summed E-state index contributed by atoms with van der Waals surface area (Å²) in [5.41, 5.74) is 0.986. The molecule has 1 heterocycles. The van der Waals surface area contributed by atoms with Gasteiger partial charge in [0.1, 0.15) is 5.15 Å². The number of anilines is 1. The molecule has 0 amide bonds. The molecule has 0 aliphatic heterocycles. The van der Waals surface area contributed by atoms with Gasteiger partial charge < -0.3 is 10.4 Å². The van der Waals surface area contributed by atoms with E-state index in [1.807, 2.05) is 12.1 Å². The van der Waals surface area contributed by atoms with E-state index >= 15 is 0 Å². The zero-order valence-electron chi connectivity index (χ0n) is 8.49. The van der Waals surface area contributed by atoms with Crippen molar-refractivity contribution in [3.63, 3.8) is 0 Å². The Morgan fingerprint density at radius 2 is 2.40 bits per heavy atom. The monoisotopic (exact) mass is 226 g/mol. The summed E-state index contributed by atoms with van der Waals surface area (Å²) in [7, 11) is 0. The fourth-order valence-electron chi connectivity index (χ4n) is 2.15. The first kappa shape index (κ1) is 10.7. The Hall–Kier alpha value is -0.800. The lowest BCUT2D eigenvalue weighted by Gasteiger charge is -2.20. The van der Waals surface area contributed by atoms with Crippen LogP contribution in [-0.4, -0.2) is 22.7 Å². The minimum absolute atomic E-state index is 0.260. The Bertz CT molecular complexity index is 332. The fourth-order valence-corrected chi connectivity index (χ4v) is 2.33. The van der Waals surface area contributed by atoms with Gasteiger partial charge in [-0.05, 0) is 25.0 Å². The summed E-state index contributed by atoms with van der Waals surface area (Å²) >= 11 is 5.80. The SMILES string of the molecule is OCC1CCCC1Nc1ccnc(Cl)c1. The van der Waals surface area contributed by atoms with Gasteiger partial charge in [0.25, 0.3) is 0 Å². The van der Waals surface area contributed by atoms with Gasteiger partial charge >= 0.3 is 0 Å². The summed E-state index contributed by atoms with van der Waals surface area (Å²) in [6.45, 7) is 0.260. The Kier molecular flexibility index (Phi) is 3.44. The number of nitrogens with zero attached hydrogens (tertiary/aromatic N) is 1. The van der Waals surface area contributed by atoms with Crippen molar-refractivity contribution < 1.29 is 5.11 Å². The van der Waals surface area contributed by atoms with Crippen LogP contribution in [0.15, 0.2) is 18.3 Å². The molecule has 0 saturated heterocycles.